The Morgan fingerprint density at radius 1 is 1.36 bits per heavy atom. The van der Waals surface area contributed by atoms with Crippen LogP contribution < -0.4 is 5.32 Å². The second kappa shape index (κ2) is 7.73. The molecule has 0 unspecified atom stereocenters. The van der Waals surface area contributed by atoms with Crippen LogP contribution in [0.3, 0.4) is 0 Å². The molecule has 0 atom stereocenters. The highest BCUT2D eigenvalue weighted by molar-refractivity contribution is 7.88. The number of nitrogens with one attached hydrogen (secondary N) is 1. The molecule has 1 N–H and O–H groups in total. The topological polar surface area (TPSA) is 49.4 Å². The molecule has 1 aromatic rings. The van der Waals surface area contributed by atoms with Crippen molar-refractivity contribution in [2.75, 3.05) is 26.7 Å². The smallest absolute Gasteiger partial charge is 0.218 e. The summed E-state index contributed by atoms with van der Waals surface area (Å²) in [5.41, 5.74) is 0.517. The summed E-state index contributed by atoms with van der Waals surface area (Å²) < 4.78 is 39.6. The van der Waals surface area contributed by atoms with Gasteiger partial charge in [-0.15, -0.1) is 0 Å². The van der Waals surface area contributed by atoms with E-state index in [-0.39, 0.29) is 10.8 Å². The molecule has 0 saturated carbocycles. The van der Waals surface area contributed by atoms with Crippen molar-refractivity contribution in [2.45, 2.75) is 25.0 Å². The summed E-state index contributed by atoms with van der Waals surface area (Å²) in [6, 6.07) is 4.06. The number of sulfonamides is 1. The van der Waals surface area contributed by atoms with Crippen LogP contribution in [0.1, 0.15) is 24.8 Å². The number of nitrogens with zero attached hydrogens (tertiary/aromatic N) is 1. The summed E-state index contributed by atoms with van der Waals surface area (Å²) in [5, 5.41) is 3.08. The Hall–Kier alpha value is -0.690. The SMILES string of the molecule is CNCCC1CCN(S(=O)(=O)Cc2ccc(F)c(Cl)c2)CC1. The summed E-state index contributed by atoms with van der Waals surface area (Å²) in [7, 11) is -1.45. The highest BCUT2D eigenvalue weighted by atomic mass is 35.5. The van der Waals surface area contributed by atoms with Crippen LogP contribution in [0.15, 0.2) is 18.2 Å². The zero-order chi connectivity index (χ0) is 16.2. The van der Waals surface area contributed by atoms with Gasteiger partial charge in [0.15, 0.2) is 0 Å². The van der Waals surface area contributed by atoms with Gasteiger partial charge in [0, 0.05) is 13.1 Å². The van der Waals surface area contributed by atoms with Gasteiger partial charge in [0.1, 0.15) is 5.82 Å². The fraction of sp³-hybridized carbons (Fsp3) is 0.600. The van der Waals surface area contributed by atoms with Gasteiger partial charge in [-0.3, -0.25) is 0 Å². The van der Waals surface area contributed by atoms with E-state index in [0.717, 1.165) is 25.8 Å². The van der Waals surface area contributed by atoms with Gasteiger partial charge in [-0.2, -0.15) is 0 Å². The van der Waals surface area contributed by atoms with E-state index in [1.54, 1.807) is 4.31 Å². The Morgan fingerprint density at radius 3 is 2.64 bits per heavy atom. The van der Waals surface area contributed by atoms with E-state index in [4.69, 9.17) is 11.6 Å². The van der Waals surface area contributed by atoms with Crippen LogP contribution in [-0.2, 0) is 15.8 Å². The fourth-order valence-electron chi connectivity index (χ4n) is 2.76. The Morgan fingerprint density at radius 2 is 2.05 bits per heavy atom. The summed E-state index contributed by atoms with van der Waals surface area (Å²) in [4.78, 5) is 0. The number of hydrogen-bond donors (Lipinski definition) is 1. The fourth-order valence-corrected chi connectivity index (χ4v) is 4.51. The van der Waals surface area contributed by atoms with E-state index in [1.165, 1.54) is 18.2 Å². The van der Waals surface area contributed by atoms with Crippen LogP contribution in [0.25, 0.3) is 0 Å². The van der Waals surface area contributed by atoms with Crippen molar-refractivity contribution >= 4 is 21.6 Å². The third kappa shape index (κ3) is 4.65. The number of hydrogen-bond acceptors (Lipinski definition) is 3. The lowest BCUT2D eigenvalue weighted by atomic mass is 9.95. The molecule has 0 spiro atoms. The average molecular weight is 349 g/mol. The molecule has 1 aliphatic rings. The molecule has 2 rings (SSSR count). The van der Waals surface area contributed by atoms with E-state index in [1.807, 2.05) is 7.05 Å². The van der Waals surface area contributed by atoms with Crippen molar-refractivity contribution in [1.29, 1.82) is 0 Å². The molecule has 1 saturated heterocycles. The van der Waals surface area contributed by atoms with Gasteiger partial charge in [-0.05, 0) is 56.5 Å². The summed E-state index contributed by atoms with van der Waals surface area (Å²) in [6.07, 6.45) is 2.87. The van der Waals surface area contributed by atoms with E-state index in [0.29, 0.717) is 24.6 Å². The molecule has 0 bridgehead atoms. The predicted octanol–water partition coefficient (Wildman–Crippen LogP) is 2.63. The molecule has 0 radical (unpaired) electrons. The number of halogens is 2. The van der Waals surface area contributed by atoms with E-state index in [9.17, 15) is 12.8 Å². The first-order chi connectivity index (χ1) is 10.4. The van der Waals surface area contributed by atoms with Gasteiger partial charge in [0.25, 0.3) is 0 Å². The lowest BCUT2D eigenvalue weighted by molar-refractivity contribution is 0.263. The molecule has 0 aromatic heterocycles. The summed E-state index contributed by atoms with van der Waals surface area (Å²) in [6.45, 7) is 2.09. The third-order valence-electron chi connectivity index (χ3n) is 4.10. The predicted molar refractivity (Wildman–Crippen MR) is 86.9 cm³/mol. The molecule has 1 aliphatic heterocycles. The van der Waals surface area contributed by atoms with Crippen LogP contribution in [0.4, 0.5) is 4.39 Å². The first kappa shape index (κ1) is 17.7. The van der Waals surface area contributed by atoms with Gasteiger partial charge < -0.3 is 5.32 Å². The number of benzene rings is 1. The van der Waals surface area contributed by atoms with Crippen LogP contribution in [0.2, 0.25) is 5.02 Å². The number of piperidine rings is 1. The summed E-state index contributed by atoms with van der Waals surface area (Å²) >= 11 is 5.71. The molecule has 7 heteroatoms. The first-order valence-electron chi connectivity index (χ1n) is 7.48. The zero-order valence-electron chi connectivity index (χ0n) is 12.7. The molecular weight excluding hydrogens is 327 g/mol. The van der Waals surface area contributed by atoms with Gasteiger partial charge in [0.2, 0.25) is 10.0 Å². The van der Waals surface area contributed by atoms with Gasteiger partial charge in [0.05, 0.1) is 10.8 Å². The van der Waals surface area contributed by atoms with Crippen molar-refractivity contribution in [1.82, 2.24) is 9.62 Å². The minimum atomic E-state index is -3.37. The lowest BCUT2D eigenvalue weighted by Gasteiger charge is -2.31. The minimum Gasteiger partial charge on any atom is -0.320 e. The van der Waals surface area contributed by atoms with Crippen molar-refractivity contribution < 1.29 is 12.8 Å². The van der Waals surface area contributed by atoms with Gasteiger partial charge in [-0.25, -0.2) is 17.1 Å². The van der Waals surface area contributed by atoms with Crippen LogP contribution in [0.5, 0.6) is 0 Å². The standard InChI is InChI=1S/C15H22ClFN2O2S/c1-18-7-4-12-5-8-19(9-6-12)22(20,21)11-13-2-3-15(17)14(16)10-13/h2-3,10,12,18H,4-9,11H2,1H3. The molecular formula is C15H22ClFN2O2S. The maximum atomic E-state index is 13.1. The van der Waals surface area contributed by atoms with E-state index < -0.39 is 15.8 Å². The van der Waals surface area contributed by atoms with Crippen LogP contribution in [0, 0.1) is 11.7 Å². The third-order valence-corrected chi connectivity index (χ3v) is 6.24. The first-order valence-corrected chi connectivity index (χ1v) is 9.47. The molecule has 0 aliphatic carbocycles. The Kier molecular flexibility index (Phi) is 6.20. The Labute approximate surface area is 136 Å². The highest BCUT2D eigenvalue weighted by Gasteiger charge is 2.28. The van der Waals surface area contributed by atoms with Crippen molar-refractivity contribution in [3.63, 3.8) is 0 Å². The maximum absolute atomic E-state index is 13.1. The summed E-state index contributed by atoms with van der Waals surface area (Å²) in [5.74, 6) is -0.0823. The highest BCUT2D eigenvalue weighted by Crippen LogP contribution is 2.24. The maximum Gasteiger partial charge on any atom is 0.218 e. The molecule has 1 aromatic carbocycles. The molecule has 0 amide bonds. The normalized spacial score (nSPS) is 17.8. The average Bonchev–Trinajstić information content (AvgIpc) is 2.49. The largest absolute Gasteiger partial charge is 0.320 e. The van der Waals surface area contributed by atoms with Crippen molar-refractivity contribution in [2.24, 2.45) is 5.92 Å². The van der Waals surface area contributed by atoms with E-state index >= 15 is 0 Å². The molecule has 1 fully saturated rings. The molecule has 124 valence electrons. The van der Waals surface area contributed by atoms with Crippen LogP contribution >= 0.6 is 11.6 Å². The lowest BCUT2D eigenvalue weighted by Crippen LogP contribution is -2.39. The Balaban J connectivity index is 1.95. The number of rotatable bonds is 6. The molecule has 4 nitrogen and oxygen atoms in total. The zero-order valence-corrected chi connectivity index (χ0v) is 14.3. The van der Waals surface area contributed by atoms with E-state index in [2.05, 4.69) is 5.32 Å². The molecule has 1 heterocycles. The second-order valence-corrected chi connectivity index (χ2v) is 8.12. The quantitative estimate of drug-likeness (QED) is 0.859. The molecule has 22 heavy (non-hydrogen) atoms. The minimum absolute atomic E-state index is 0.0431. The van der Waals surface area contributed by atoms with Crippen molar-refractivity contribution in [3.05, 3.63) is 34.6 Å². The van der Waals surface area contributed by atoms with Gasteiger partial charge in [-0.1, -0.05) is 17.7 Å². The van der Waals surface area contributed by atoms with Crippen molar-refractivity contribution in [3.8, 4) is 0 Å². The van der Waals surface area contributed by atoms with Gasteiger partial charge >= 0.3 is 0 Å². The Bertz CT molecular complexity index is 602. The second-order valence-electron chi connectivity index (χ2n) is 5.74. The monoisotopic (exact) mass is 348 g/mol. The van der Waals surface area contributed by atoms with Crippen LogP contribution in [-0.4, -0.2) is 39.4 Å².